The molecule has 0 heterocycles. The first-order chi connectivity index (χ1) is 11.8. The molecule has 0 aliphatic rings. The highest BCUT2D eigenvalue weighted by Gasteiger charge is 1.96. The molecular weight excluding hydrogens is 298 g/mol. The van der Waals surface area contributed by atoms with Crippen LogP contribution in [0.25, 0.3) is 0 Å². The van der Waals surface area contributed by atoms with Crippen LogP contribution >= 0.6 is 0 Å². The van der Waals surface area contributed by atoms with E-state index in [1.165, 1.54) is 89.9 Å². The third-order valence-corrected chi connectivity index (χ3v) is 4.53. The molecule has 0 saturated carbocycles. The van der Waals surface area contributed by atoms with Crippen LogP contribution in [0.2, 0.25) is 0 Å². The molecule has 3 nitrogen and oxygen atoms in total. The number of nitrogens with one attached hydrogen (secondary N) is 1. The van der Waals surface area contributed by atoms with Crippen molar-refractivity contribution in [1.82, 2.24) is 5.32 Å². The Morgan fingerprint density at radius 1 is 0.750 bits per heavy atom. The first kappa shape index (κ1) is 23.5. The molecule has 3 heteroatoms. The van der Waals surface area contributed by atoms with E-state index in [9.17, 15) is 5.11 Å². The maximum Gasteiger partial charge on any atom is 0.126 e. The predicted molar refractivity (Wildman–Crippen MR) is 105 cm³/mol. The van der Waals surface area contributed by atoms with Gasteiger partial charge in [-0.05, 0) is 19.0 Å². The summed E-state index contributed by atoms with van der Waals surface area (Å²) in [5.74, 6) is 0. The number of aliphatic hydroxyl groups is 2. The van der Waals surface area contributed by atoms with Gasteiger partial charge in [-0.2, -0.15) is 0 Å². The van der Waals surface area contributed by atoms with Crippen molar-refractivity contribution in [2.75, 3.05) is 6.61 Å². The largest absolute Gasteiger partial charge is 0.396 e. The lowest BCUT2D eigenvalue weighted by atomic mass is 10.0. The number of hydrogen-bond donors (Lipinski definition) is 3. The fraction of sp³-hybridized carbons (Fsp3) is 0.905. The van der Waals surface area contributed by atoms with Gasteiger partial charge >= 0.3 is 0 Å². The summed E-state index contributed by atoms with van der Waals surface area (Å²) >= 11 is 0. The summed E-state index contributed by atoms with van der Waals surface area (Å²) in [6, 6.07) is 0. The molecule has 24 heavy (non-hydrogen) atoms. The number of aliphatic hydroxyl groups excluding tert-OH is 2. The highest BCUT2D eigenvalue weighted by molar-refractivity contribution is 4.80. The second-order valence-electron chi connectivity index (χ2n) is 6.98. The highest BCUT2D eigenvalue weighted by Crippen LogP contribution is 2.13. The first-order valence-corrected chi connectivity index (χ1v) is 10.5. The zero-order valence-electron chi connectivity index (χ0n) is 16.1. The minimum Gasteiger partial charge on any atom is -0.396 e. The van der Waals surface area contributed by atoms with Crippen LogP contribution in [0.1, 0.15) is 110 Å². The Morgan fingerprint density at radius 3 is 1.67 bits per heavy atom. The van der Waals surface area contributed by atoms with Crippen molar-refractivity contribution >= 4 is 0 Å². The van der Waals surface area contributed by atoms with E-state index in [1.54, 1.807) is 0 Å². The summed E-state index contributed by atoms with van der Waals surface area (Å²) in [4.78, 5) is 0. The third kappa shape index (κ3) is 19.5. The molecule has 144 valence electrons. The molecule has 0 aliphatic heterocycles. The number of allylic oxidation sites excluding steroid dienone is 1. The zero-order chi connectivity index (χ0) is 17.7. The molecule has 3 N–H and O–H groups in total. The topological polar surface area (TPSA) is 52.5 Å². The van der Waals surface area contributed by atoms with Gasteiger partial charge in [0, 0.05) is 13.0 Å². The van der Waals surface area contributed by atoms with E-state index in [1.807, 2.05) is 6.20 Å². The molecule has 0 radical (unpaired) electrons. The highest BCUT2D eigenvalue weighted by atomic mass is 16.3. The molecule has 1 unspecified atom stereocenters. The Kier molecular flexibility index (Phi) is 20.0. The van der Waals surface area contributed by atoms with Gasteiger partial charge in [-0.15, -0.1) is 0 Å². The van der Waals surface area contributed by atoms with Gasteiger partial charge in [-0.25, -0.2) is 0 Å². The molecule has 0 spiro atoms. The molecule has 0 aromatic carbocycles. The SMILES string of the molecule is CCCCCCCCCCCCCCCCC=CNC(O)CCO. The first-order valence-electron chi connectivity index (χ1n) is 10.5. The molecule has 0 aromatic rings. The fourth-order valence-electron chi connectivity index (χ4n) is 2.92. The van der Waals surface area contributed by atoms with E-state index in [2.05, 4.69) is 18.3 Å². The summed E-state index contributed by atoms with van der Waals surface area (Å²) in [5, 5.41) is 20.9. The lowest BCUT2D eigenvalue weighted by Gasteiger charge is -2.07. The molecular formula is C21H43NO2. The second-order valence-corrected chi connectivity index (χ2v) is 6.98. The Morgan fingerprint density at radius 2 is 1.21 bits per heavy atom. The monoisotopic (exact) mass is 341 g/mol. The van der Waals surface area contributed by atoms with Gasteiger partial charge in [0.2, 0.25) is 0 Å². The fourth-order valence-corrected chi connectivity index (χ4v) is 2.92. The van der Waals surface area contributed by atoms with Crippen LogP contribution in [-0.4, -0.2) is 23.0 Å². The van der Waals surface area contributed by atoms with E-state index in [0.717, 1.165) is 6.42 Å². The smallest absolute Gasteiger partial charge is 0.126 e. The number of hydrogen-bond acceptors (Lipinski definition) is 3. The minimum absolute atomic E-state index is 0.0148. The van der Waals surface area contributed by atoms with E-state index < -0.39 is 6.23 Å². The van der Waals surface area contributed by atoms with Crippen LogP contribution in [0.15, 0.2) is 12.3 Å². The molecule has 0 rings (SSSR count). The van der Waals surface area contributed by atoms with E-state index >= 15 is 0 Å². The Bertz CT molecular complexity index is 256. The lowest BCUT2D eigenvalue weighted by Crippen LogP contribution is -2.24. The van der Waals surface area contributed by atoms with Crippen LogP contribution in [0.5, 0.6) is 0 Å². The predicted octanol–water partition coefficient (Wildman–Crippen LogP) is 5.66. The van der Waals surface area contributed by atoms with Crippen molar-refractivity contribution in [3.63, 3.8) is 0 Å². The Labute approximate surface area is 150 Å². The van der Waals surface area contributed by atoms with Gasteiger partial charge in [0.15, 0.2) is 0 Å². The average Bonchev–Trinajstić information content (AvgIpc) is 2.58. The van der Waals surface area contributed by atoms with Gasteiger partial charge in [-0.3, -0.25) is 0 Å². The molecule has 0 amide bonds. The van der Waals surface area contributed by atoms with E-state index in [0.29, 0.717) is 6.42 Å². The average molecular weight is 342 g/mol. The second kappa shape index (κ2) is 20.5. The van der Waals surface area contributed by atoms with Crippen LogP contribution < -0.4 is 5.32 Å². The van der Waals surface area contributed by atoms with Crippen molar-refractivity contribution in [3.05, 3.63) is 12.3 Å². The minimum atomic E-state index is -0.623. The summed E-state index contributed by atoms with van der Waals surface area (Å²) in [6.07, 6.45) is 24.2. The van der Waals surface area contributed by atoms with Crippen molar-refractivity contribution in [2.45, 2.75) is 116 Å². The van der Waals surface area contributed by atoms with Crippen molar-refractivity contribution in [2.24, 2.45) is 0 Å². The molecule has 1 atom stereocenters. The lowest BCUT2D eigenvalue weighted by molar-refractivity contribution is 0.116. The summed E-state index contributed by atoms with van der Waals surface area (Å²) in [6.45, 7) is 2.29. The van der Waals surface area contributed by atoms with Gasteiger partial charge in [0.05, 0.1) is 0 Å². The van der Waals surface area contributed by atoms with Crippen molar-refractivity contribution in [1.29, 1.82) is 0 Å². The van der Waals surface area contributed by atoms with Gasteiger partial charge in [0.1, 0.15) is 6.23 Å². The van der Waals surface area contributed by atoms with Crippen LogP contribution in [-0.2, 0) is 0 Å². The Hall–Kier alpha value is -0.540. The van der Waals surface area contributed by atoms with Crippen molar-refractivity contribution < 1.29 is 10.2 Å². The molecule has 0 bridgehead atoms. The molecule has 0 saturated heterocycles. The van der Waals surface area contributed by atoms with Gasteiger partial charge in [-0.1, -0.05) is 96.5 Å². The third-order valence-electron chi connectivity index (χ3n) is 4.53. The van der Waals surface area contributed by atoms with Crippen molar-refractivity contribution in [3.8, 4) is 0 Å². The van der Waals surface area contributed by atoms with Gasteiger partial charge in [0.25, 0.3) is 0 Å². The number of rotatable bonds is 19. The van der Waals surface area contributed by atoms with E-state index in [-0.39, 0.29) is 6.61 Å². The van der Waals surface area contributed by atoms with Crippen LogP contribution in [0, 0.1) is 0 Å². The molecule has 0 fully saturated rings. The quantitative estimate of drug-likeness (QED) is 0.210. The number of unbranched alkanes of at least 4 members (excludes halogenated alkanes) is 14. The zero-order valence-corrected chi connectivity index (χ0v) is 16.1. The summed E-state index contributed by atoms with van der Waals surface area (Å²) in [5.41, 5.74) is 0. The summed E-state index contributed by atoms with van der Waals surface area (Å²) < 4.78 is 0. The van der Waals surface area contributed by atoms with Crippen LogP contribution in [0.3, 0.4) is 0 Å². The standard InChI is InChI=1S/C21H43NO2/c1-2-3-4-5-6-7-8-9-10-11-12-13-14-15-16-17-19-22-21(24)18-20-23/h17,19,21-24H,2-16,18,20H2,1H3. The van der Waals surface area contributed by atoms with Gasteiger partial charge < -0.3 is 15.5 Å². The normalized spacial score (nSPS) is 12.8. The summed E-state index contributed by atoms with van der Waals surface area (Å²) in [7, 11) is 0. The molecule has 0 aromatic heterocycles. The van der Waals surface area contributed by atoms with Crippen LogP contribution in [0.4, 0.5) is 0 Å². The van der Waals surface area contributed by atoms with E-state index in [4.69, 9.17) is 5.11 Å². The Balaban J connectivity index is 3.08. The maximum absolute atomic E-state index is 9.35. The molecule has 0 aliphatic carbocycles. The maximum atomic E-state index is 9.35.